The van der Waals surface area contributed by atoms with Crippen LogP contribution in [0.5, 0.6) is 0 Å². The summed E-state index contributed by atoms with van der Waals surface area (Å²) in [5.74, 6) is 0.0130. The van der Waals surface area contributed by atoms with Gasteiger partial charge in [0, 0.05) is 20.3 Å². The number of hydrogen-bond donors (Lipinski definition) is 0. The van der Waals surface area contributed by atoms with Crippen LogP contribution in [0.3, 0.4) is 0 Å². The van der Waals surface area contributed by atoms with E-state index in [0.29, 0.717) is 12.1 Å². The molecule has 0 bridgehead atoms. The van der Waals surface area contributed by atoms with Gasteiger partial charge < -0.3 is 4.90 Å². The summed E-state index contributed by atoms with van der Waals surface area (Å²) in [4.78, 5) is 14.4. The van der Waals surface area contributed by atoms with Gasteiger partial charge in [0.2, 0.25) is 0 Å². The number of anilines is 1. The molecule has 2 rings (SSSR count). The van der Waals surface area contributed by atoms with Crippen molar-refractivity contribution in [2.75, 3.05) is 11.4 Å². The van der Waals surface area contributed by atoms with Gasteiger partial charge in [0.15, 0.2) is 0 Å². The largest absolute Gasteiger partial charge is 0.309 e. The first-order valence-corrected chi connectivity index (χ1v) is 7.82. The molecule has 0 aromatic heterocycles. The summed E-state index contributed by atoms with van der Waals surface area (Å²) in [6.07, 6.45) is 0. The molecular formula is C15H13BrINO. The molecule has 0 atom stereocenters. The lowest BCUT2D eigenvalue weighted by molar-refractivity contribution is 0.0987. The zero-order valence-corrected chi connectivity index (χ0v) is 14.2. The Hall–Kier alpha value is -0.880. The van der Waals surface area contributed by atoms with Gasteiger partial charge in [-0.2, -0.15) is 0 Å². The fourth-order valence-corrected chi connectivity index (χ4v) is 2.77. The van der Waals surface area contributed by atoms with Crippen LogP contribution in [-0.4, -0.2) is 12.5 Å². The van der Waals surface area contributed by atoms with Crippen LogP contribution in [0.25, 0.3) is 0 Å². The van der Waals surface area contributed by atoms with Crippen LogP contribution in [0.1, 0.15) is 17.3 Å². The summed E-state index contributed by atoms with van der Waals surface area (Å²) < 4.78 is 1.88. The standard InChI is InChI=1S/C15H13BrINO/c1-2-18(12-6-4-3-5-7-12)15(19)13-10-11(17)8-9-14(13)16/h3-10H,2H2,1H3. The van der Waals surface area contributed by atoms with Gasteiger partial charge in [-0.25, -0.2) is 0 Å². The number of amides is 1. The third kappa shape index (κ3) is 3.36. The minimum atomic E-state index is 0.0130. The zero-order valence-electron chi connectivity index (χ0n) is 10.4. The number of benzene rings is 2. The second kappa shape index (κ2) is 6.52. The molecule has 0 spiro atoms. The zero-order chi connectivity index (χ0) is 13.8. The van der Waals surface area contributed by atoms with Gasteiger partial charge in [0.05, 0.1) is 5.56 Å². The molecule has 0 fully saturated rings. The predicted octanol–water partition coefficient (Wildman–Crippen LogP) is 4.72. The summed E-state index contributed by atoms with van der Waals surface area (Å²) in [7, 11) is 0. The van der Waals surface area contributed by atoms with Crippen molar-refractivity contribution in [2.45, 2.75) is 6.92 Å². The van der Waals surface area contributed by atoms with E-state index >= 15 is 0 Å². The van der Waals surface area contributed by atoms with Crippen LogP contribution < -0.4 is 4.90 Å². The topological polar surface area (TPSA) is 20.3 Å². The maximum absolute atomic E-state index is 12.6. The van der Waals surface area contributed by atoms with Crippen molar-refractivity contribution in [3.05, 3.63) is 62.1 Å². The van der Waals surface area contributed by atoms with Crippen molar-refractivity contribution in [2.24, 2.45) is 0 Å². The van der Waals surface area contributed by atoms with Gasteiger partial charge >= 0.3 is 0 Å². The van der Waals surface area contributed by atoms with E-state index in [1.165, 1.54) is 0 Å². The fraction of sp³-hybridized carbons (Fsp3) is 0.133. The van der Waals surface area contributed by atoms with E-state index in [-0.39, 0.29) is 5.91 Å². The lowest BCUT2D eigenvalue weighted by Crippen LogP contribution is -2.30. The first kappa shape index (κ1) is 14.5. The van der Waals surface area contributed by atoms with Gasteiger partial charge in [0.25, 0.3) is 5.91 Å². The first-order chi connectivity index (χ1) is 9.13. The molecule has 0 aliphatic heterocycles. The highest BCUT2D eigenvalue weighted by Gasteiger charge is 2.18. The van der Waals surface area contributed by atoms with Crippen LogP contribution in [0, 0.1) is 3.57 Å². The molecule has 2 aromatic carbocycles. The Bertz CT molecular complexity index is 586. The minimum Gasteiger partial charge on any atom is -0.309 e. The molecular weight excluding hydrogens is 417 g/mol. The molecule has 0 N–H and O–H groups in total. The predicted molar refractivity (Wildman–Crippen MR) is 90.7 cm³/mol. The van der Waals surface area contributed by atoms with E-state index in [1.807, 2.05) is 55.5 Å². The molecule has 0 saturated carbocycles. The number of carbonyl (C=O) groups excluding carboxylic acids is 1. The molecule has 0 aliphatic carbocycles. The molecule has 98 valence electrons. The highest BCUT2D eigenvalue weighted by atomic mass is 127. The molecule has 19 heavy (non-hydrogen) atoms. The smallest absolute Gasteiger partial charge is 0.259 e. The Balaban J connectivity index is 2.39. The molecule has 0 heterocycles. The van der Waals surface area contributed by atoms with Crippen molar-refractivity contribution in [3.8, 4) is 0 Å². The molecule has 1 amide bonds. The van der Waals surface area contributed by atoms with Gasteiger partial charge in [-0.1, -0.05) is 18.2 Å². The molecule has 2 nitrogen and oxygen atoms in total. The molecule has 2 aromatic rings. The third-order valence-electron chi connectivity index (χ3n) is 2.79. The highest BCUT2D eigenvalue weighted by molar-refractivity contribution is 14.1. The monoisotopic (exact) mass is 429 g/mol. The normalized spacial score (nSPS) is 10.3. The van der Waals surface area contributed by atoms with Crippen molar-refractivity contribution < 1.29 is 4.79 Å². The van der Waals surface area contributed by atoms with Crippen LogP contribution in [0.4, 0.5) is 5.69 Å². The number of halogens is 2. The summed E-state index contributed by atoms with van der Waals surface area (Å²) >= 11 is 5.66. The van der Waals surface area contributed by atoms with E-state index in [2.05, 4.69) is 38.5 Å². The summed E-state index contributed by atoms with van der Waals surface area (Å²) in [6, 6.07) is 15.5. The molecule has 0 unspecified atom stereocenters. The van der Waals surface area contributed by atoms with Gasteiger partial charge in [0.1, 0.15) is 0 Å². The lowest BCUT2D eigenvalue weighted by atomic mass is 10.2. The lowest BCUT2D eigenvalue weighted by Gasteiger charge is -2.21. The minimum absolute atomic E-state index is 0.0130. The highest BCUT2D eigenvalue weighted by Crippen LogP contribution is 2.23. The maximum atomic E-state index is 12.6. The number of para-hydroxylation sites is 1. The number of rotatable bonds is 3. The molecule has 4 heteroatoms. The maximum Gasteiger partial charge on any atom is 0.259 e. The Morgan fingerprint density at radius 3 is 2.53 bits per heavy atom. The van der Waals surface area contributed by atoms with Crippen molar-refractivity contribution in [1.82, 2.24) is 0 Å². The van der Waals surface area contributed by atoms with Crippen molar-refractivity contribution >= 4 is 50.1 Å². The van der Waals surface area contributed by atoms with E-state index in [9.17, 15) is 4.79 Å². The van der Waals surface area contributed by atoms with E-state index < -0.39 is 0 Å². The second-order valence-corrected chi connectivity index (χ2v) is 6.11. The fourth-order valence-electron chi connectivity index (χ4n) is 1.86. The van der Waals surface area contributed by atoms with Gasteiger partial charge in [-0.05, 0) is 75.8 Å². The SMILES string of the molecule is CCN(C(=O)c1cc(I)ccc1Br)c1ccccc1. The first-order valence-electron chi connectivity index (χ1n) is 5.95. The third-order valence-corrected chi connectivity index (χ3v) is 4.15. The molecule has 0 saturated heterocycles. The summed E-state index contributed by atoms with van der Waals surface area (Å²) in [5, 5.41) is 0. The molecule has 0 aliphatic rings. The van der Waals surface area contributed by atoms with Crippen LogP contribution in [0.15, 0.2) is 53.0 Å². The van der Waals surface area contributed by atoms with Crippen molar-refractivity contribution in [1.29, 1.82) is 0 Å². The average Bonchev–Trinajstić information content (AvgIpc) is 2.43. The van der Waals surface area contributed by atoms with Crippen LogP contribution >= 0.6 is 38.5 Å². The van der Waals surface area contributed by atoms with E-state index in [0.717, 1.165) is 13.7 Å². The van der Waals surface area contributed by atoms with Gasteiger partial charge in [-0.3, -0.25) is 4.79 Å². The second-order valence-electron chi connectivity index (χ2n) is 4.01. The summed E-state index contributed by atoms with van der Waals surface area (Å²) in [6.45, 7) is 2.62. The van der Waals surface area contributed by atoms with Gasteiger partial charge in [-0.15, -0.1) is 0 Å². The van der Waals surface area contributed by atoms with Crippen LogP contribution in [0.2, 0.25) is 0 Å². The Labute approximate surface area is 135 Å². The number of carbonyl (C=O) groups is 1. The summed E-state index contributed by atoms with van der Waals surface area (Å²) in [5.41, 5.74) is 1.61. The number of hydrogen-bond acceptors (Lipinski definition) is 1. The molecule has 0 radical (unpaired) electrons. The number of nitrogens with zero attached hydrogens (tertiary/aromatic N) is 1. The van der Waals surface area contributed by atoms with Crippen molar-refractivity contribution in [3.63, 3.8) is 0 Å². The Morgan fingerprint density at radius 1 is 1.21 bits per heavy atom. The quantitative estimate of drug-likeness (QED) is 0.646. The Kier molecular flexibility index (Phi) is 4.99. The van der Waals surface area contributed by atoms with E-state index in [4.69, 9.17) is 0 Å². The Morgan fingerprint density at radius 2 is 1.89 bits per heavy atom. The average molecular weight is 430 g/mol. The van der Waals surface area contributed by atoms with Crippen LogP contribution in [-0.2, 0) is 0 Å². The van der Waals surface area contributed by atoms with E-state index in [1.54, 1.807) is 4.90 Å².